The highest BCUT2D eigenvalue weighted by Crippen LogP contribution is 2.06. The van der Waals surface area contributed by atoms with Gasteiger partial charge in [-0.2, -0.15) is 0 Å². The Morgan fingerprint density at radius 1 is 1.00 bits per heavy atom. The molecule has 2 aromatic carbocycles. The second kappa shape index (κ2) is 12.0. The Bertz CT molecular complexity index is 882. The zero-order valence-corrected chi connectivity index (χ0v) is 16.8. The third kappa shape index (κ3) is 7.01. The lowest BCUT2D eigenvalue weighted by molar-refractivity contribution is -0.126. The molecule has 0 bridgehead atoms. The molecule has 0 aliphatic carbocycles. The number of carbonyl (C=O) groups excluding carboxylic acids is 4. The number of nitrogens with one attached hydrogen (secondary N) is 2. The first-order valence-electron chi connectivity index (χ1n) is 9.65. The average molecular weight is 407 g/mol. The van der Waals surface area contributed by atoms with Crippen molar-refractivity contribution < 1.29 is 19.2 Å². The van der Waals surface area contributed by atoms with E-state index in [9.17, 15) is 19.2 Å². The van der Waals surface area contributed by atoms with Crippen molar-refractivity contribution in [3.8, 4) is 0 Å². The van der Waals surface area contributed by atoms with Crippen molar-refractivity contribution in [2.24, 2.45) is 0 Å². The molecule has 1 atom stereocenters. The van der Waals surface area contributed by atoms with Crippen molar-refractivity contribution in [2.45, 2.75) is 19.4 Å². The maximum absolute atomic E-state index is 12.7. The fraction of sp³-hybridized carbons (Fsp3) is 0.217. The summed E-state index contributed by atoms with van der Waals surface area (Å²) in [5.41, 5.74) is 1.63. The van der Waals surface area contributed by atoms with E-state index in [4.69, 9.17) is 0 Å². The maximum atomic E-state index is 12.7. The monoisotopic (exact) mass is 407 g/mol. The molecule has 0 aromatic heterocycles. The van der Waals surface area contributed by atoms with Crippen molar-refractivity contribution in [2.75, 3.05) is 13.1 Å². The topological polar surface area (TPSA) is 95.6 Å². The Morgan fingerprint density at radius 2 is 1.63 bits per heavy atom. The van der Waals surface area contributed by atoms with Crippen molar-refractivity contribution in [1.29, 1.82) is 0 Å². The molecule has 7 heteroatoms. The lowest BCUT2D eigenvalue weighted by Gasteiger charge is -2.23. The van der Waals surface area contributed by atoms with Gasteiger partial charge in [0.25, 0.3) is 5.91 Å². The van der Waals surface area contributed by atoms with Gasteiger partial charge < -0.3 is 15.4 Å². The van der Waals surface area contributed by atoms with Crippen molar-refractivity contribution in [3.05, 3.63) is 77.9 Å². The second-order valence-corrected chi connectivity index (χ2v) is 6.45. The first-order chi connectivity index (χ1) is 14.5. The normalized spacial score (nSPS) is 11.5. The number of amides is 4. The zero-order chi connectivity index (χ0) is 21.8. The van der Waals surface area contributed by atoms with E-state index in [1.165, 1.54) is 6.08 Å². The third-order valence-corrected chi connectivity index (χ3v) is 4.23. The number of imide groups is 1. The van der Waals surface area contributed by atoms with Crippen LogP contribution < -0.4 is 10.6 Å². The van der Waals surface area contributed by atoms with Crippen LogP contribution in [-0.4, -0.2) is 48.2 Å². The zero-order valence-electron chi connectivity index (χ0n) is 16.8. The van der Waals surface area contributed by atoms with Crippen LogP contribution in [0.25, 0.3) is 6.08 Å². The minimum atomic E-state index is -0.889. The predicted octanol–water partition coefficient (Wildman–Crippen LogP) is 2.18. The Morgan fingerprint density at radius 3 is 2.23 bits per heavy atom. The van der Waals surface area contributed by atoms with Crippen molar-refractivity contribution >= 4 is 30.2 Å². The highest BCUT2D eigenvalue weighted by molar-refractivity contribution is 6.04. The van der Waals surface area contributed by atoms with Gasteiger partial charge in [-0.15, -0.1) is 0 Å². The second-order valence-electron chi connectivity index (χ2n) is 6.45. The van der Waals surface area contributed by atoms with Gasteiger partial charge in [0.05, 0.1) is 6.54 Å². The van der Waals surface area contributed by atoms with E-state index in [1.54, 1.807) is 25.1 Å². The number of nitrogens with zero attached hydrogens (tertiary/aromatic N) is 1. The van der Waals surface area contributed by atoms with Crippen LogP contribution in [0.1, 0.15) is 18.1 Å². The van der Waals surface area contributed by atoms with Crippen LogP contribution in [0.4, 0.5) is 4.79 Å². The first-order valence-corrected chi connectivity index (χ1v) is 9.65. The summed E-state index contributed by atoms with van der Waals surface area (Å²) in [7, 11) is 0. The first kappa shape index (κ1) is 22.5. The standard InChI is InChI=1S/C23H25N3O4/c1-2-24-22(29)20(17-19-11-7-4-8-12-19)25-23(30)26(15-16-27)21(28)14-13-18-9-5-3-6-10-18/h3-14,16,20H,2,15,17H2,1H3,(H,24,29)(H,25,30). The highest BCUT2D eigenvalue weighted by Gasteiger charge is 2.26. The van der Waals surface area contributed by atoms with E-state index < -0.39 is 24.5 Å². The van der Waals surface area contributed by atoms with E-state index in [0.717, 1.165) is 16.0 Å². The van der Waals surface area contributed by atoms with Crippen molar-refractivity contribution in [3.63, 3.8) is 0 Å². The molecule has 0 saturated heterocycles. The Balaban J connectivity index is 2.14. The molecule has 0 heterocycles. The van der Waals surface area contributed by atoms with E-state index >= 15 is 0 Å². The van der Waals surface area contributed by atoms with Gasteiger partial charge in [0, 0.05) is 19.0 Å². The lowest BCUT2D eigenvalue weighted by atomic mass is 10.1. The molecule has 7 nitrogen and oxygen atoms in total. The third-order valence-electron chi connectivity index (χ3n) is 4.23. The molecule has 0 fully saturated rings. The predicted molar refractivity (Wildman–Crippen MR) is 114 cm³/mol. The number of benzene rings is 2. The van der Waals surface area contributed by atoms with Crippen molar-refractivity contribution in [1.82, 2.24) is 15.5 Å². The molecule has 2 rings (SSSR count). The van der Waals surface area contributed by atoms with Gasteiger partial charge >= 0.3 is 6.03 Å². The summed E-state index contributed by atoms with van der Waals surface area (Å²) in [5.74, 6) is -1.02. The van der Waals surface area contributed by atoms with Gasteiger partial charge in [-0.1, -0.05) is 60.7 Å². The molecule has 2 aromatic rings. The molecule has 156 valence electrons. The number of hydrogen-bond donors (Lipinski definition) is 2. The number of urea groups is 1. The molecule has 0 aliphatic heterocycles. The number of carbonyl (C=O) groups is 4. The van der Waals surface area contributed by atoms with Crippen LogP contribution in [0.5, 0.6) is 0 Å². The summed E-state index contributed by atoms with van der Waals surface area (Å²) < 4.78 is 0. The van der Waals surface area contributed by atoms with Gasteiger partial charge in [0.2, 0.25) is 5.91 Å². The van der Waals surface area contributed by atoms with Crippen LogP contribution in [-0.2, 0) is 20.8 Å². The maximum Gasteiger partial charge on any atom is 0.325 e. The highest BCUT2D eigenvalue weighted by atomic mass is 16.2. The van der Waals surface area contributed by atoms with Gasteiger partial charge in [0.1, 0.15) is 12.3 Å². The largest absolute Gasteiger partial charge is 0.355 e. The fourth-order valence-electron chi connectivity index (χ4n) is 2.75. The Labute approximate surface area is 175 Å². The molecule has 2 N–H and O–H groups in total. The van der Waals surface area contributed by atoms with E-state index in [2.05, 4.69) is 10.6 Å². The molecule has 0 spiro atoms. The van der Waals surface area contributed by atoms with Crippen LogP contribution >= 0.6 is 0 Å². The minimum Gasteiger partial charge on any atom is -0.355 e. The molecule has 0 radical (unpaired) electrons. The summed E-state index contributed by atoms with van der Waals surface area (Å²) in [6.45, 7) is 1.75. The quantitative estimate of drug-likeness (QED) is 0.492. The summed E-state index contributed by atoms with van der Waals surface area (Å²) in [6, 6.07) is 16.6. The molecule has 0 aliphatic rings. The molecular formula is C23H25N3O4. The van der Waals surface area contributed by atoms with Gasteiger partial charge in [-0.25, -0.2) is 4.79 Å². The molecule has 30 heavy (non-hydrogen) atoms. The number of aldehydes is 1. The van der Waals surface area contributed by atoms with Crippen LogP contribution in [0.3, 0.4) is 0 Å². The van der Waals surface area contributed by atoms with Crippen LogP contribution in [0.15, 0.2) is 66.7 Å². The van der Waals surface area contributed by atoms with E-state index in [1.807, 2.05) is 48.5 Å². The van der Waals surface area contributed by atoms with Gasteiger partial charge in [-0.3, -0.25) is 14.5 Å². The summed E-state index contributed by atoms with van der Waals surface area (Å²) in [4.78, 5) is 49.5. The molecule has 1 unspecified atom stereocenters. The number of hydrogen-bond acceptors (Lipinski definition) is 4. The van der Waals surface area contributed by atoms with Gasteiger partial charge in [0.15, 0.2) is 0 Å². The SMILES string of the molecule is CCNC(=O)C(Cc1ccccc1)NC(=O)N(CC=O)C(=O)C=Cc1ccccc1. The van der Waals surface area contributed by atoms with Crippen LogP contribution in [0.2, 0.25) is 0 Å². The fourth-order valence-corrected chi connectivity index (χ4v) is 2.75. The number of likely N-dealkylation sites (N-methyl/N-ethyl adjacent to an activating group) is 1. The summed E-state index contributed by atoms with van der Waals surface area (Å²) in [6.07, 6.45) is 3.49. The molecule has 0 saturated carbocycles. The van der Waals surface area contributed by atoms with Crippen LogP contribution in [0, 0.1) is 0 Å². The molecule has 4 amide bonds. The van der Waals surface area contributed by atoms with E-state index in [0.29, 0.717) is 12.8 Å². The Hall–Kier alpha value is -3.74. The molecular weight excluding hydrogens is 382 g/mol. The van der Waals surface area contributed by atoms with Gasteiger partial charge in [-0.05, 0) is 24.1 Å². The van der Waals surface area contributed by atoms with E-state index in [-0.39, 0.29) is 12.3 Å². The summed E-state index contributed by atoms with van der Waals surface area (Å²) >= 11 is 0. The minimum absolute atomic E-state index is 0.251. The summed E-state index contributed by atoms with van der Waals surface area (Å²) in [5, 5.41) is 5.25. The Kier molecular flexibility index (Phi) is 8.99. The smallest absolute Gasteiger partial charge is 0.325 e. The lowest BCUT2D eigenvalue weighted by Crippen LogP contribution is -2.53. The number of rotatable bonds is 9. The average Bonchev–Trinajstić information content (AvgIpc) is 2.77.